The molecule has 0 saturated heterocycles. The summed E-state index contributed by atoms with van der Waals surface area (Å²) < 4.78 is 44.1. The van der Waals surface area contributed by atoms with Gasteiger partial charge in [0.05, 0.1) is 18.2 Å². The van der Waals surface area contributed by atoms with E-state index >= 15 is 0 Å². The van der Waals surface area contributed by atoms with Crippen LogP contribution in [0, 0.1) is 6.92 Å². The predicted octanol–water partition coefficient (Wildman–Crippen LogP) is 5.70. The van der Waals surface area contributed by atoms with E-state index < -0.39 is 17.6 Å². The molecule has 1 amide bonds. The molecule has 2 aromatic carbocycles. The SMILES string of the molecule is Cc1ccc2c(CC(=O)Nc3ccc(Br)c(C(F)(F)F)c3)coc2c1. The van der Waals surface area contributed by atoms with Gasteiger partial charge in [0.15, 0.2) is 0 Å². The van der Waals surface area contributed by atoms with Crippen molar-refractivity contribution in [1.82, 2.24) is 0 Å². The summed E-state index contributed by atoms with van der Waals surface area (Å²) >= 11 is 2.87. The van der Waals surface area contributed by atoms with Crippen LogP contribution in [-0.2, 0) is 17.4 Å². The molecule has 3 nitrogen and oxygen atoms in total. The third-order valence-corrected chi connectivity index (χ3v) is 4.41. The smallest absolute Gasteiger partial charge is 0.417 e. The summed E-state index contributed by atoms with van der Waals surface area (Å²) in [5.74, 6) is -0.418. The molecule has 0 unspecified atom stereocenters. The van der Waals surface area contributed by atoms with Gasteiger partial charge in [-0.15, -0.1) is 0 Å². The molecular weight excluding hydrogens is 399 g/mol. The zero-order valence-electron chi connectivity index (χ0n) is 13.1. The number of furan rings is 1. The Labute approximate surface area is 149 Å². The number of rotatable bonds is 3. The van der Waals surface area contributed by atoms with Crippen LogP contribution in [0.5, 0.6) is 0 Å². The molecule has 25 heavy (non-hydrogen) atoms. The van der Waals surface area contributed by atoms with E-state index in [-0.39, 0.29) is 16.6 Å². The number of nitrogens with one attached hydrogen (secondary N) is 1. The van der Waals surface area contributed by atoms with Gasteiger partial charge in [-0.05, 0) is 36.8 Å². The second-order valence-electron chi connectivity index (χ2n) is 5.68. The molecule has 0 fully saturated rings. The quantitative estimate of drug-likeness (QED) is 0.600. The Balaban J connectivity index is 1.78. The fraction of sp³-hybridized carbons (Fsp3) is 0.167. The van der Waals surface area contributed by atoms with Crippen molar-refractivity contribution in [2.24, 2.45) is 0 Å². The monoisotopic (exact) mass is 411 g/mol. The molecule has 0 bridgehead atoms. The van der Waals surface area contributed by atoms with Crippen LogP contribution in [-0.4, -0.2) is 5.91 Å². The van der Waals surface area contributed by atoms with E-state index in [0.717, 1.165) is 17.0 Å². The number of fused-ring (bicyclic) bond motifs is 1. The van der Waals surface area contributed by atoms with E-state index in [0.29, 0.717) is 11.1 Å². The molecule has 0 saturated carbocycles. The fourth-order valence-corrected chi connectivity index (χ4v) is 3.00. The van der Waals surface area contributed by atoms with Crippen LogP contribution < -0.4 is 5.32 Å². The Morgan fingerprint density at radius 3 is 2.68 bits per heavy atom. The molecule has 0 aliphatic heterocycles. The number of anilines is 1. The molecule has 0 atom stereocenters. The zero-order valence-corrected chi connectivity index (χ0v) is 14.7. The van der Waals surface area contributed by atoms with Crippen molar-refractivity contribution >= 4 is 38.5 Å². The molecule has 0 aliphatic rings. The Morgan fingerprint density at radius 1 is 1.20 bits per heavy atom. The highest BCUT2D eigenvalue weighted by Gasteiger charge is 2.33. The highest BCUT2D eigenvalue weighted by molar-refractivity contribution is 9.10. The number of benzene rings is 2. The first-order valence-corrected chi connectivity index (χ1v) is 8.16. The van der Waals surface area contributed by atoms with Crippen molar-refractivity contribution in [3.63, 3.8) is 0 Å². The third kappa shape index (κ3) is 3.87. The third-order valence-electron chi connectivity index (χ3n) is 3.72. The Bertz CT molecular complexity index is 947. The van der Waals surface area contributed by atoms with E-state index in [1.165, 1.54) is 18.4 Å². The second-order valence-corrected chi connectivity index (χ2v) is 6.53. The first-order chi connectivity index (χ1) is 11.7. The topological polar surface area (TPSA) is 42.2 Å². The van der Waals surface area contributed by atoms with Crippen molar-refractivity contribution in [2.75, 3.05) is 5.32 Å². The summed E-state index contributed by atoms with van der Waals surface area (Å²) in [6, 6.07) is 9.20. The fourth-order valence-electron chi connectivity index (χ4n) is 2.53. The summed E-state index contributed by atoms with van der Waals surface area (Å²) in [7, 11) is 0. The van der Waals surface area contributed by atoms with Gasteiger partial charge in [0, 0.05) is 21.1 Å². The number of hydrogen-bond donors (Lipinski definition) is 1. The Kier molecular flexibility index (Phi) is 4.60. The van der Waals surface area contributed by atoms with Gasteiger partial charge in [0.1, 0.15) is 5.58 Å². The van der Waals surface area contributed by atoms with Crippen LogP contribution in [0.1, 0.15) is 16.7 Å². The van der Waals surface area contributed by atoms with Crippen LogP contribution in [0.3, 0.4) is 0 Å². The van der Waals surface area contributed by atoms with E-state index in [9.17, 15) is 18.0 Å². The van der Waals surface area contributed by atoms with Crippen LogP contribution >= 0.6 is 15.9 Å². The van der Waals surface area contributed by atoms with Gasteiger partial charge in [-0.1, -0.05) is 28.1 Å². The van der Waals surface area contributed by atoms with E-state index in [1.54, 1.807) is 0 Å². The predicted molar refractivity (Wildman–Crippen MR) is 92.4 cm³/mol. The van der Waals surface area contributed by atoms with Crippen LogP contribution in [0.4, 0.5) is 18.9 Å². The average Bonchev–Trinajstić information content (AvgIpc) is 2.90. The number of amides is 1. The largest absolute Gasteiger partial charge is 0.464 e. The summed E-state index contributed by atoms with van der Waals surface area (Å²) in [5, 5.41) is 3.31. The molecule has 3 aromatic rings. The summed E-state index contributed by atoms with van der Waals surface area (Å²) in [6.07, 6.45) is -3.00. The minimum absolute atomic E-state index is 0.00742. The van der Waals surface area contributed by atoms with E-state index in [2.05, 4.69) is 21.2 Å². The molecule has 1 heterocycles. The Morgan fingerprint density at radius 2 is 1.96 bits per heavy atom. The minimum atomic E-state index is -4.50. The molecule has 0 aliphatic carbocycles. The van der Waals surface area contributed by atoms with Crippen molar-refractivity contribution in [1.29, 1.82) is 0 Å². The van der Waals surface area contributed by atoms with Gasteiger partial charge >= 0.3 is 6.18 Å². The molecule has 3 rings (SSSR count). The van der Waals surface area contributed by atoms with E-state index in [1.807, 2.05) is 25.1 Å². The molecule has 1 aromatic heterocycles. The van der Waals surface area contributed by atoms with Crippen molar-refractivity contribution in [3.8, 4) is 0 Å². The first-order valence-electron chi connectivity index (χ1n) is 7.37. The number of halogens is 4. The molecule has 1 N–H and O–H groups in total. The normalized spacial score (nSPS) is 11.7. The van der Waals surface area contributed by atoms with Gasteiger partial charge < -0.3 is 9.73 Å². The molecule has 0 spiro atoms. The zero-order chi connectivity index (χ0) is 18.2. The number of carbonyl (C=O) groups excluding carboxylic acids is 1. The van der Waals surface area contributed by atoms with E-state index in [4.69, 9.17) is 4.42 Å². The lowest BCUT2D eigenvalue weighted by Gasteiger charge is -2.12. The maximum atomic E-state index is 12.9. The van der Waals surface area contributed by atoms with Gasteiger partial charge in [0.25, 0.3) is 0 Å². The highest BCUT2D eigenvalue weighted by Crippen LogP contribution is 2.36. The molecule has 7 heteroatoms. The van der Waals surface area contributed by atoms with Crippen molar-refractivity contribution in [2.45, 2.75) is 19.5 Å². The number of aryl methyl sites for hydroxylation is 1. The number of hydrogen-bond acceptors (Lipinski definition) is 2. The second kappa shape index (κ2) is 6.55. The lowest BCUT2D eigenvalue weighted by atomic mass is 10.1. The maximum absolute atomic E-state index is 12.9. The summed E-state index contributed by atoms with van der Waals surface area (Å²) in [6.45, 7) is 1.93. The maximum Gasteiger partial charge on any atom is 0.417 e. The van der Waals surface area contributed by atoms with Gasteiger partial charge in [-0.3, -0.25) is 4.79 Å². The average molecular weight is 412 g/mol. The van der Waals surface area contributed by atoms with Gasteiger partial charge in [-0.25, -0.2) is 0 Å². The number of alkyl halides is 3. The summed E-state index contributed by atoms with van der Waals surface area (Å²) in [5.41, 5.74) is 1.64. The lowest BCUT2D eigenvalue weighted by molar-refractivity contribution is -0.138. The molecular formula is C18H13BrF3NO2. The van der Waals surface area contributed by atoms with Gasteiger partial charge in [-0.2, -0.15) is 13.2 Å². The minimum Gasteiger partial charge on any atom is -0.464 e. The molecule has 0 radical (unpaired) electrons. The Hall–Kier alpha value is -2.28. The van der Waals surface area contributed by atoms with Crippen molar-refractivity contribution < 1.29 is 22.4 Å². The van der Waals surface area contributed by atoms with Crippen LogP contribution in [0.25, 0.3) is 11.0 Å². The molecule has 130 valence electrons. The van der Waals surface area contributed by atoms with Crippen LogP contribution in [0.2, 0.25) is 0 Å². The highest BCUT2D eigenvalue weighted by atomic mass is 79.9. The standard InChI is InChI=1S/C18H13BrF3NO2/c1-10-2-4-13-11(9-25-16(13)6-10)7-17(24)23-12-3-5-15(19)14(8-12)18(20,21)22/h2-6,8-9H,7H2,1H3,(H,23,24). The van der Waals surface area contributed by atoms with Crippen molar-refractivity contribution in [3.05, 3.63) is 63.8 Å². The number of carbonyl (C=O) groups is 1. The first kappa shape index (κ1) is 17.5. The van der Waals surface area contributed by atoms with Crippen LogP contribution in [0.15, 0.2) is 51.6 Å². The lowest BCUT2D eigenvalue weighted by Crippen LogP contribution is -2.15. The van der Waals surface area contributed by atoms with Gasteiger partial charge in [0.2, 0.25) is 5.91 Å². The summed E-state index contributed by atoms with van der Waals surface area (Å²) in [4.78, 5) is 12.2.